The van der Waals surface area contributed by atoms with Crippen LogP contribution in [0.2, 0.25) is 0 Å². The van der Waals surface area contributed by atoms with Crippen molar-refractivity contribution in [1.82, 2.24) is 4.72 Å². The van der Waals surface area contributed by atoms with Gasteiger partial charge in [0.25, 0.3) is 0 Å². The summed E-state index contributed by atoms with van der Waals surface area (Å²) in [6.07, 6.45) is 3.22. The third kappa shape index (κ3) is 15.2. The van der Waals surface area contributed by atoms with Gasteiger partial charge in [0, 0.05) is 6.04 Å². The predicted octanol–water partition coefficient (Wildman–Crippen LogP) is 6.16. The molecule has 0 bridgehead atoms. The fourth-order valence-electron chi connectivity index (χ4n) is 3.06. The molecule has 0 aromatic heterocycles. The van der Waals surface area contributed by atoms with Crippen LogP contribution in [0.5, 0.6) is 0 Å². The Morgan fingerprint density at radius 1 is 0.962 bits per heavy atom. The summed E-state index contributed by atoms with van der Waals surface area (Å²) in [6.45, 7) is 29.1. The summed E-state index contributed by atoms with van der Waals surface area (Å²) in [5, 5.41) is 0. The molecule has 2 atom stereocenters. The lowest BCUT2D eigenvalue weighted by atomic mass is 9.86. The predicted molar refractivity (Wildman–Crippen MR) is 123 cm³/mol. The highest BCUT2D eigenvalue weighted by molar-refractivity contribution is 7.84. The van der Waals surface area contributed by atoms with Crippen molar-refractivity contribution in [2.24, 2.45) is 5.41 Å². The van der Waals surface area contributed by atoms with E-state index in [1.807, 2.05) is 27.7 Å². The van der Waals surface area contributed by atoms with Crippen LogP contribution in [0.3, 0.4) is 0 Å². The molecule has 0 aliphatic heterocycles. The van der Waals surface area contributed by atoms with Crippen molar-refractivity contribution in [3.8, 4) is 0 Å². The second kappa shape index (κ2) is 15.0. The van der Waals surface area contributed by atoms with Gasteiger partial charge >= 0.3 is 0 Å². The van der Waals surface area contributed by atoms with E-state index in [-0.39, 0.29) is 10.2 Å². The minimum absolute atomic E-state index is 0.191. The van der Waals surface area contributed by atoms with E-state index >= 15 is 0 Å². The highest BCUT2D eigenvalue weighted by Crippen LogP contribution is 2.30. The first-order chi connectivity index (χ1) is 11.9. The number of hydrogen-bond donors (Lipinski definition) is 1. The molecule has 4 heteroatoms. The third-order valence-electron chi connectivity index (χ3n) is 4.63. The van der Waals surface area contributed by atoms with Crippen molar-refractivity contribution in [3.63, 3.8) is 0 Å². The molecule has 162 valence electrons. The van der Waals surface area contributed by atoms with Crippen LogP contribution in [0.15, 0.2) is 0 Å². The van der Waals surface area contributed by atoms with Gasteiger partial charge in [-0.25, -0.2) is 8.93 Å². The van der Waals surface area contributed by atoms with Crippen LogP contribution in [0.25, 0.3) is 0 Å². The van der Waals surface area contributed by atoms with Crippen LogP contribution in [0, 0.1) is 5.41 Å². The second-order valence-electron chi connectivity index (χ2n) is 8.90. The van der Waals surface area contributed by atoms with E-state index in [4.69, 9.17) is 0 Å². The van der Waals surface area contributed by atoms with Gasteiger partial charge in [-0.3, -0.25) is 0 Å². The molecular formula is C22H53N2OS+. The molecule has 0 aliphatic rings. The van der Waals surface area contributed by atoms with Gasteiger partial charge in [0.1, 0.15) is 0 Å². The highest BCUT2D eigenvalue weighted by Gasteiger charge is 2.32. The van der Waals surface area contributed by atoms with Crippen LogP contribution in [-0.4, -0.2) is 46.2 Å². The average molecular weight is 394 g/mol. The Hall–Kier alpha value is 0.0700. The number of nitrogens with one attached hydrogen (secondary N) is 1. The summed E-state index contributed by atoms with van der Waals surface area (Å²) in [4.78, 5) is 0. The van der Waals surface area contributed by atoms with Crippen LogP contribution in [0.1, 0.15) is 102 Å². The van der Waals surface area contributed by atoms with Crippen LogP contribution in [-0.2, 0) is 11.0 Å². The number of hydrogen-bond acceptors (Lipinski definition) is 1. The molecule has 0 radical (unpaired) electrons. The van der Waals surface area contributed by atoms with Gasteiger partial charge in [-0.05, 0) is 59.3 Å². The molecular weight excluding hydrogens is 340 g/mol. The Morgan fingerprint density at radius 3 is 1.73 bits per heavy atom. The zero-order valence-electron chi connectivity index (χ0n) is 20.6. The van der Waals surface area contributed by atoms with Crippen LogP contribution in [0.4, 0.5) is 0 Å². The van der Waals surface area contributed by atoms with Gasteiger partial charge in [-0.15, -0.1) is 0 Å². The summed E-state index contributed by atoms with van der Waals surface area (Å²) in [5.74, 6) is 0. The number of rotatable bonds is 10. The van der Waals surface area contributed by atoms with Gasteiger partial charge in [-0.1, -0.05) is 48.5 Å². The average Bonchev–Trinajstić information content (AvgIpc) is 2.56. The van der Waals surface area contributed by atoms with Crippen LogP contribution < -0.4 is 4.72 Å². The maximum atomic E-state index is 12.6. The quantitative estimate of drug-likeness (QED) is 0.442. The number of nitrogens with zero attached hydrogens (tertiary/aromatic N) is 1. The summed E-state index contributed by atoms with van der Waals surface area (Å²) in [5.41, 5.74) is 0.200. The maximum Gasteiger partial charge on any atom is 0.0975 e. The molecule has 0 aromatic carbocycles. The lowest BCUT2D eigenvalue weighted by molar-refractivity contribution is -0.906. The first-order valence-electron chi connectivity index (χ1n) is 10.9. The highest BCUT2D eigenvalue weighted by atomic mass is 32.2. The van der Waals surface area contributed by atoms with Crippen molar-refractivity contribution < 1.29 is 8.69 Å². The van der Waals surface area contributed by atoms with E-state index in [0.29, 0.717) is 6.04 Å². The molecule has 0 fully saturated rings. The maximum absolute atomic E-state index is 12.6. The standard InChI is InChI=1S/C18H41N2OS.2C2H6/c1-10-20(9,11-2)14-12-13-16(3)19-22(21)18(7,8)15-17(4,5)6;2*1-2/h16,19H,10-15H2,1-9H3;2*1-2H3/q+1;;. The largest absolute Gasteiger partial charge is 0.327 e. The van der Waals surface area contributed by atoms with Crippen molar-refractivity contribution >= 4 is 11.0 Å². The SMILES string of the molecule is CC.CC.CC[N+](C)(CC)CCCC(C)NS(=O)C(C)(C)CC(C)(C)C. The first kappa shape index (κ1) is 30.8. The zero-order valence-corrected chi connectivity index (χ0v) is 21.4. The Kier molecular flexibility index (Phi) is 17.8. The van der Waals surface area contributed by atoms with Gasteiger partial charge in [0.05, 0.1) is 42.4 Å². The first-order valence-corrected chi connectivity index (χ1v) is 12.0. The van der Waals surface area contributed by atoms with Gasteiger partial charge in [0.15, 0.2) is 0 Å². The van der Waals surface area contributed by atoms with Crippen molar-refractivity contribution in [3.05, 3.63) is 0 Å². The summed E-state index contributed by atoms with van der Waals surface area (Å²) in [7, 11) is 1.33. The topological polar surface area (TPSA) is 29.1 Å². The molecule has 0 saturated heterocycles. The molecule has 0 rings (SSSR count). The zero-order chi connectivity index (χ0) is 21.6. The van der Waals surface area contributed by atoms with Gasteiger partial charge < -0.3 is 4.48 Å². The lowest BCUT2D eigenvalue weighted by Crippen LogP contribution is -2.45. The van der Waals surface area contributed by atoms with E-state index in [1.54, 1.807) is 0 Å². The Bertz CT molecular complexity index is 345. The van der Waals surface area contributed by atoms with Gasteiger partial charge in [0.2, 0.25) is 0 Å². The monoisotopic (exact) mass is 393 g/mol. The van der Waals surface area contributed by atoms with Gasteiger partial charge in [-0.2, -0.15) is 0 Å². The smallest absolute Gasteiger partial charge is 0.0975 e. The molecule has 1 N–H and O–H groups in total. The van der Waals surface area contributed by atoms with E-state index < -0.39 is 11.0 Å². The lowest BCUT2D eigenvalue weighted by Gasteiger charge is -2.33. The molecule has 0 heterocycles. The van der Waals surface area contributed by atoms with E-state index in [2.05, 4.69) is 67.2 Å². The molecule has 0 aromatic rings. The molecule has 0 saturated carbocycles. The van der Waals surface area contributed by atoms with Crippen LogP contribution >= 0.6 is 0 Å². The summed E-state index contributed by atoms with van der Waals surface area (Å²) in [6, 6.07) is 0.308. The molecule has 2 unspecified atom stereocenters. The molecule has 3 nitrogen and oxygen atoms in total. The van der Waals surface area contributed by atoms with Crippen molar-refractivity contribution in [1.29, 1.82) is 0 Å². The van der Waals surface area contributed by atoms with Crippen molar-refractivity contribution in [2.45, 2.75) is 113 Å². The van der Waals surface area contributed by atoms with E-state index in [9.17, 15) is 4.21 Å². The fraction of sp³-hybridized carbons (Fsp3) is 1.00. The molecule has 26 heavy (non-hydrogen) atoms. The molecule has 0 amide bonds. The second-order valence-corrected chi connectivity index (χ2v) is 10.8. The minimum atomic E-state index is -0.990. The molecule has 0 aliphatic carbocycles. The summed E-state index contributed by atoms with van der Waals surface area (Å²) < 4.78 is 16.9. The molecule has 0 spiro atoms. The fourth-order valence-corrected chi connectivity index (χ4v) is 4.43. The van der Waals surface area contributed by atoms with Crippen molar-refractivity contribution in [2.75, 3.05) is 26.7 Å². The minimum Gasteiger partial charge on any atom is -0.327 e. The van der Waals surface area contributed by atoms with E-state index in [0.717, 1.165) is 17.3 Å². The normalized spacial score (nSPS) is 14.5. The van der Waals surface area contributed by atoms with E-state index in [1.165, 1.54) is 26.1 Å². The Morgan fingerprint density at radius 2 is 1.38 bits per heavy atom. The summed E-state index contributed by atoms with van der Waals surface area (Å²) >= 11 is 0. The Balaban J connectivity index is -0.00000123. The third-order valence-corrected chi connectivity index (χ3v) is 6.39. The Labute approximate surface area is 169 Å². The number of quaternary nitrogens is 1.